The van der Waals surface area contributed by atoms with E-state index in [2.05, 4.69) is 53.4 Å². The Morgan fingerprint density at radius 1 is 1.38 bits per heavy atom. The van der Waals surface area contributed by atoms with Crippen LogP contribution >= 0.6 is 15.9 Å². The van der Waals surface area contributed by atoms with Gasteiger partial charge in [0.2, 0.25) is 0 Å². The number of hydrogen-bond donors (Lipinski definition) is 2. The highest BCUT2D eigenvalue weighted by atomic mass is 79.9. The molecule has 1 unspecified atom stereocenters. The molecule has 1 aliphatic rings. The zero-order valence-corrected chi connectivity index (χ0v) is 14.7. The topological polar surface area (TPSA) is 47.3 Å². The smallest absolute Gasteiger partial charge is 0.0851 e. The van der Waals surface area contributed by atoms with Gasteiger partial charge in [0.1, 0.15) is 0 Å². The number of hydrogen-bond acceptors (Lipinski definition) is 3. The average Bonchev–Trinajstić information content (AvgIpc) is 2.49. The molecule has 4 heteroatoms. The highest BCUT2D eigenvalue weighted by Crippen LogP contribution is 2.38. The molecule has 1 aliphatic carbocycles. The number of ether oxygens (including phenoxy) is 1. The van der Waals surface area contributed by atoms with E-state index in [1.165, 1.54) is 18.4 Å². The van der Waals surface area contributed by atoms with Gasteiger partial charge in [-0.3, -0.25) is 11.3 Å². The highest BCUT2D eigenvalue weighted by Gasteiger charge is 2.41. The molecular weight excluding hydrogens is 328 g/mol. The van der Waals surface area contributed by atoms with Gasteiger partial charge in [-0.05, 0) is 56.6 Å². The van der Waals surface area contributed by atoms with E-state index in [4.69, 9.17) is 10.6 Å². The third kappa shape index (κ3) is 4.07. The average molecular weight is 355 g/mol. The van der Waals surface area contributed by atoms with Crippen LogP contribution in [0.2, 0.25) is 0 Å². The standard InChI is InChI=1S/C17H27BrN2O/c1-3-21-17(10-8-13(2)9-11-17)16(20-19)12-14-6-4-5-7-15(14)18/h4-7,13,16,20H,3,8-12,19H2,1-2H3. The molecule has 3 nitrogen and oxygen atoms in total. The van der Waals surface area contributed by atoms with Crippen molar-refractivity contribution in [3.63, 3.8) is 0 Å². The summed E-state index contributed by atoms with van der Waals surface area (Å²) in [6.07, 6.45) is 5.48. The highest BCUT2D eigenvalue weighted by molar-refractivity contribution is 9.10. The van der Waals surface area contributed by atoms with Crippen LogP contribution in [0.1, 0.15) is 45.1 Å². The fraction of sp³-hybridized carbons (Fsp3) is 0.647. The van der Waals surface area contributed by atoms with Gasteiger partial charge in [-0.2, -0.15) is 0 Å². The molecule has 0 spiro atoms. The van der Waals surface area contributed by atoms with Crippen LogP contribution in [0, 0.1) is 5.92 Å². The minimum Gasteiger partial charge on any atom is -0.374 e. The first-order chi connectivity index (χ1) is 10.1. The van der Waals surface area contributed by atoms with Crippen LogP contribution in [0.25, 0.3) is 0 Å². The Labute approximate surface area is 136 Å². The van der Waals surface area contributed by atoms with Crippen molar-refractivity contribution in [2.24, 2.45) is 11.8 Å². The molecule has 1 fully saturated rings. The van der Waals surface area contributed by atoms with Gasteiger partial charge < -0.3 is 4.74 Å². The summed E-state index contributed by atoms with van der Waals surface area (Å²) in [6, 6.07) is 8.49. The molecule has 0 saturated heterocycles. The molecule has 0 aliphatic heterocycles. The summed E-state index contributed by atoms with van der Waals surface area (Å²) in [5.74, 6) is 6.70. The summed E-state index contributed by atoms with van der Waals surface area (Å²) in [6.45, 7) is 5.14. The van der Waals surface area contributed by atoms with Crippen molar-refractivity contribution in [2.45, 2.75) is 57.6 Å². The van der Waals surface area contributed by atoms with E-state index < -0.39 is 0 Å². The lowest BCUT2D eigenvalue weighted by Gasteiger charge is -2.44. The molecule has 21 heavy (non-hydrogen) atoms. The first-order valence-electron chi connectivity index (χ1n) is 7.95. The number of nitrogens with one attached hydrogen (secondary N) is 1. The minimum atomic E-state index is -0.134. The Balaban J connectivity index is 2.18. The van der Waals surface area contributed by atoms with Crippen molar-refractivity contribution < 1.29 is 4.74 Å². The van der Waals surface area contributed by atoms with Gasteiger partial charge >= 0.3 is 0 Å². The van der Waals surface area contributed by atoms with Crippen LogP contribution in [-0.2, 0) is 11.2 Å². The number of nitrogens with two attached hydrogens (primary N) is 1. The van der Waals surface area contributed by atoms with Gasteiger partial charge in [0.25, 0.3) is 0 Å². The van der Waals surface area contributed by atoms with Crippen molar-refractivity contribution in [1.29, 1.82) is 0 Å². The molecule has 0 bridgehead atoms. The third-order valence-corrected chi connectivity index (χ3v) is 5.54. The fourth-order valence-corrected chi connectivity index (χ4v) is 3.86. The van der Waals surface area contributed by atoms with Crippen LogP contribution in [0.5, 0.6) is 0 Å². The molecule has 0 amide bonds. The van der Waals surface area contributed by atoms with E-state index >= 15 is 0 Å². The predicted molar refractivity (Wildman–Crippen MR) is 90.9 cm³/mol. The van der Waals surface area contributed by atoms with Crippen LogP contribution in [-0.4, -0.2) is 18.2 Å². The fourth-order valence-electron chi connectivity index (χ4n) is 3.41. The van der Waals surface area contributed by atoms with Gasteiger partial charge in [0.05, 0.1) is 11.6 Å². The molecule has 3 N–H and O–H groups in total. The zero-order valence-electron chi connectivity index (χ0n) is 13.1. The van der Waals surface area contributed by atoms with Gasteiger partial charge in [-0.1, -0.05) is 41.1 Å². The number of rotatable bonds is 6. The predicted octanol–water partition coefficient (Wildman–Crippen LogP) is 3.81. The molecule has 0 aromatic heterocycles. The Morgan fingerprint density at radius 3 is 2.62 bits per heavy atom. The maximum Gasteiger partial charge on any atom is 0.0851 e. The third-order valence-electron chi connectivity index (χ3n) is 4.77. The monoisotopic (exact) mass is 354 g/mol. The van der Waals surface area contributed by atoms with E-state index in [1.54, 1.807) is 0 Å². The Kier molecular flexibility index (Phi) is 6.23. The zero-order chi connectivity index (χ0) is 15.3. The van der Waals surface area contributed by atoms with Crippen LogP contribution in [0.3, 0.4) is 0 Å². The maximum absolute atomic E-state index is 6.23. The molecular formula is C17H27BrN2O. The Bertz CT molecular complexity index is 444. The summed E-state index contributed by atoms with van der Waals surface area (Å²) in [5.41, 5.74) is 4.18. The number of halogens is 1. The lowest BCUT2D eigenvalue weighted by molar-refractivity contribution is -0.0961. The molecule has 0 radical (unpaired) electrons. The van der Waals surface area contributed by atoms with E-state index in [0.717, 1.165) is 36.3 Å². The van der Waals surface area contributed by atoms with E-state index in [9.17, 15) is 0 Å². The normalized spacial score (nSPS) is 27.5. The van der Waals surface area contributed by atoms with Crippen molar-refractivity contribution in [1.82, 2.24) is 5.43 Å². The minimum absolute atomic E-state index is 0.134. The van der Waals surface area contributed by atoms with Gasteiger partial charge in [0.15, 0.2) is 0 Å². The summed E-state index contributed by atoms with van der Waals surface area (Å²) < 4.78 is 7.37. The molecule has 1 aromatic carbocycles. The molecule has 118 valence electrons. The molecule has 1 saturated carbocycles. The van der Waals surface area contributed by atoms with Crippen molar-refractivity contribution >= 4 is 15.9 Å². The van der Waals surface area contributed by atoms with Crippen LogP contribution in [0.15, 0.2) is 28.7 Å². The first-order valence-corrected chi connectivity index (χ1v) is 8.74. The second kappa shape index (κ2) is 7.73. The van der Waals surface area contributed by atoms with Crippen LogP contribution in [0.4, 0.5) is 0 Å². The quantitative estimate of drug-likeness (QED) is 0.603. The second-order valence-electron chi connectivity index (χ2n) is 6.20. The lowest BCUT2D eigenvalue weighted by atomic mass is 9.74. The molecule has 0 heterocycles. The van der Waals surface area contributed by atoms with Crippen molar-refractivity contribution in [3.8, 4) is 0 Å². The van der Waals surface area contributed by atoms with Crippen molar-refractivity contribution in [2.75, 3.05) is 6.61 Å². The van der Waals surface area contributed by atoms with E-state index in [0.29, 0.717) is 0 Å². The maximum atomic E-state index is 6.23. The summed E-state index contributed by atoms with van der Waals surface area (Å²) in [5, 5.41) is 0. The van der Waals surface area contributed by atoms with Gasteiger partial charge in [-0.25, -0.2) is 0 Å². The van der Waals surface area contributed by atoms with Crippen LogP contribution < -0.4 is 11.3 Å². The first kappa shape index (κ1) is 16.9. The summed E-state index contributed by atoms with van der Waals surface area (Å²) >= 11 is 3.63. The molecule has 2 rings (SSSR count). The van der Waals surface area contributed by atoms with Crippen molar-refractivity contribution in [3.05, 3.63) is 34.3 Å². The Hall–Kier alpha value is -0.420. The Morgan fingerprint density at radius 2 is 2.05 bits per heavy atom. The SMILES string of the molecule is CCOC1(C(Cc2ccccc2Br)NN)CCC(C)CC1. The van der Waals surface area contributed by atoms with Gasteiger partial charge in [0, 0.05) is 11.1 Å². The van der Waals surface area contributed by atoms with Gasteiger partial charge in [-0.15, -0.1) is 0 Å². The molecule has 1 aromatic rings. The van der Waals surface area contributed by atoms with E-state index in [1.807, 2.05) is 6.07 Å². The summed E-state index contributed by atoms with van der Waals surface area (Å²) in [7, 11) is 0. The summed E-state index contributed by atoms with van der Waals surface area (Å²) in [4.78, 5) is 0. The number of hydrazine groups is 1. The number of benzene rings is 1. The lowest BCUT2D eigenvalue weighted by Crippen LogP contribution is -2.57. The largest absolute Gasteiger partial charge is 0.374 e. The molecule has 1 atom stereocenters. The van der Waals surface area contributed by atoms with E-state index in [-0.39, 0.29) is 11.6 Å². The second-order valence-corrected chi connectivity index (χ2v) is 7.05.